The van der Waals surface area contributed by atoms with Gasteiger partial charge in [-0.25, -0.2) is 0 Å². The number of benzene rings is 2. The predicted molar refractivity (Wildman–Crippen MR) is 119 cm³/mol. The maximum Gasteiger partial charge on any atom is 0.242 e. The summed E-state index contributed by atoms with van der Waals surface area (Å²) in [6.07, 6.45) is 5.46. The summed E-state index contributed by atoms with van der Waals surface area (Å²) >= 11 is 3.49. The Morgan fingerprint density at radius 1 is 1.07 bits per heavy atom. The van der Waals surface area contributed by atoms with Crippen LogP contribution in [0, 0.1) is 0 Å². The molecule has 29 heavy (non-hydrogen) atoms. The Morgan fingerprint density at radius 2 is 1.76 bits per heavy atom. The van der Waals surface area contributed by atoms with Crippen LogP contribution < -0.4 is 5.32 Å². The standard InChI is InChI=1S/C24H29BrN2O2/c1-18(24(29)26-22-12-5-6-13-22)27(17-20-10-7-11-21(25)16-20)23(28)15-14-19-8-3-2-4-9-19/h2-4,7-11,16,18,22H,5-6,12-15,17H2,1H3,(H,26,29). The fraction of sp³-hybridized carbons (Fsp3) is 0.417. The van der Waals surface area contributed by atoms with Gasteiger partial charge in [-0.05, 0) is 49.4 Å². The minimum absolute atomic E-state index is 0.00269. The van der Waals surface area contributed by atoms with E-state index in [1.807, 2.05) is 61.5 Å². The molecule has 0 spiro atoms. The first kappa shape index (κ1) is 21.6. The maximum absolute atomic E-state index is 13.1. The van der Waals surface area contributed by atoms with Crippen LogP contribution in [0.4, 0.5) is 0 Å². The van der Waals surface area contributed by atoms with Crippen molar-refractivity contribution in [2.75, 3.05) is 0 Å². The van der Waals surface area contributed by atoms with Gasteiger partial charge in [0.1, 0.15) is 6.04 Å². The third kappa shape index (κ3) is 6.43. The molecule has 2 amide bonds. The molecule has 1 aliphatic carbocycles. The van der Waals surface area contributed by atoms with Crippen molar-refractivity contribution < 1.29 is 9.59 Å². The fourth-order valence-corrected chi connectivity index (χ4v) is 4.29. The predicted octanol–water partition coefficient (Wildman–Crippen LogP) is 4.86. The highest BCUT2D eigenvalue weighted by molar-refractivity contribution is 9.10. The van der Waals surface area contributed by atoms with E-state index < -0.39 is 6.04 Å². The molecule has 0 bridgehead atoms. The van der Waals surface area contributed by atoms with Gasteiger partial charge in [-0.3, -0.25) is 9.59 Å². The molecule has 1 N–H and O–H groups in total. The van der Waals surface area contributed by atoms with E-state index >= 15 is 0 Å². The molecule has 1 fully saturated rings. The van der Waals surface area contributed by atoms with Gasteiger partial charge in [-0.15, -0.1) is 0 Å². The Kier molecular flexibility index (Phi) is 7.87. The van der Waals surface area contributed by atoms with Crippen LogP contribution in [0.3, 0.4) is 0 Å². The Morgan fingerprint density at radius 3 is 2.45 bits per heavy atom. The number of hydrogen-bond donors (Lipinski definition) is 1. The largest absolute Gasteiger partial charge is 0.352 e. The van der Waals surface area contributed by atoms with Gasteiger partial charge in [-0.1, -0.05) is 71.2 Å². The smallest absolute Gasteiger partial charge is 0.242 e. The Bertz CT molecular complexity index is 819. The van der Waals surface area contributed by atoms with E-state index in [0.29, 0.717) is 19.4 Å². The first-order chi connectivity index (χ1) is 14.0. The van der Waals surface area contributed by atoms with Crippen molar-refractivity contribution in [3.8, 4) is 0 Å². The number of nitrogens with one attached hydrogen (secondary N) is 1. The first-order valence-corrected chi connectivity index (χ1v) is 11.2. The molecule has 1 unspecified atom stereocenters. The molecule has 4 nitrogen and oxygen atoms in total. The second kappa shape index (κ2) is 10.6. The molecule has 1 aliphatic rings. The van der Waals surface area contributed by atoms with Crippen molar-refractivity contribution in [2.45, 2.75) is 64.1 Å². The molecule has 0 saturated heterocycles. The molecule has 0 aromatic heterocycles. The van der Waals surface area contributed by atoms with Gasteiger partial charge >= 0.3 is 0 Å². The SMILES string of the molecule is CC(C(=O)NC1CCCC1)N(Cc1cccc(Br)c1)C(=O)CCc1ccccc1. The molecule has 0 aliphatic heterocycles. The molecule has 3 rings (SSSR count). The normalized spacial score (nSPS) is 15.1. The number of halogens is 1. The van der Waals surface area contributed by atoms with Crippen molar-refractivity contribution in [2.24, 2.45) is 0 Å². The lowest BCUT2D eigenvalue weighted by Crippen LogP contribution is -2.49. The first-order valence-electron chi connectivity index (χ1n) is 10.4. The van der Waals surface area contributed by atoms with E-state index in [0.717, 1.165) is 41.3 Å². The molecular formula is C24H29BrN2O2. The van der Waals surface area contributed by atoms with Crippen LogP contribution in [0.2, 0.25) is 0 Å². The minimum atomic E-state index is -0.502. The lowest BCUT2D eigenvalue weighted by Gasteiger charge is -2.30. The monoisotopic (exact) mass is 456 g/mol. The average Bonchev–Trinajstić information content (AvgIpc) is 3.23. The van der Waals surface area contributed by atoms with Gasteiger partial charge in [-0.2, -0.15) is 0 Å². The van der Waals surface area contributed by atoms with Crippen molar-refractivity contribution in [3.63, 3.8) is 0 Å². The fourth-order valence-electron chi connectivity index (χ4n) is 3.85. The van der Waals surface area contributed by atoms with Crippen LogP contribution in [0.15, 0.2) is 59.1 Å². The number of carbonyl (C=O) groups is 2. The zero-order valence-corrected chi connectivity index (χ0v) is 18.5. The van der Waals surface area contributed by atoms with Crippen LogP contribution in [-0.2, 0) is 22.6 Å². The molecule has 1 saturated carbocycles. The van der Waals surface area contributed by atoms with Crippen molar-refractivity contribution in [3.05, 3.63) is 70.2 Å². The van der Waals surface area contributed by atoms with E-state index in [2.05, 4.69) is 21.2 Å². The average molecular weight is 457 g/mol. The van der Waals surface area contributed by atoms with Crippen molar-refractivity contribution in [1.82, 2.24) is 10.2 Å². The second-order valence-electron chi connectivity index (χ2n) is 7.80. The lowest BCUT2D eigenvalue weighted by atomic mass is 10.1. The van der Waals surface area contributed by atoms with E-state index in [1.54, 1.807) is 4.90 Å². The molecular weight excluding hydrogens is 428 g/mol. The van der Waals surface area contributed by atoms with Gasteiger partial charge < -0.3 is 10.2 Å². The van der Waals surface area contributed by atoms with E-state index in [4.69, 9.17) is 0 Å². The van der Waals surface area contributed by atoms with Crippen LogP contribution in [0.25, 0.3) is 0 Å². The number of carbonyl (C=O) groups excluding carboxylic acids is 2. The van der Waals surface area contributed by atoms with Gasteiger partial charge in [0.15, 0.2) is 0 Å². The summed E-state index contributed by atoms with van der Waals surface area (Å²) in [4.78, 5) is 27.7. The summed E-state index contributed by atoms with van der Waals surface area (Å²) < 4.78 is 0.967. The molecule has 5 heteroatoms. The van der Waals surface area contributed by atoms with Crippen LogP contribution in [0.5, 0.6) is 0 Å². The molecule has 0 heterocycles. The summed E-state index contributed by atoms with van der Waals surface area (Å²) in [5.41, 5.74) is 2.14. The molecule has 1 atom stereocenters. The highest BCUT2D eigenvalue weighted by Crippen LogP contribution is 2.20. The summed E-state index contributed by atoms with van der Waals surface area (Å²) in [7, 11) is 0. The quantitative estimate of drug-likeness (QED) is 0.616. The van der Waals surface area contributed by atoms with Crippen LogP contribution in [-0.4, -0.2) is 28.8 Å². The third-order valence-corrected chi connectivity index (χ3v) is 6.07. The maximum atomic E-state index is 13.1. The lowest BCUT2D eigenvalue weighted by molar-refractivity contribution is -0.140. The molecule has 154 valence electrons. The van der Waals surface area contributed by atoms with E-state index in [9.17, 15) is 9.59 Å². The highest BCUT2D eigenvalue weighted by atomic mass is 79.9. The summed E-state index contributed by atoms with van der Waals surface area (Å²) in [6, 6.07) is 17.6. The Balaban J connectivity index is 1.70. The number of rotatable bonds is 8. The zero-order valence-electron chi connectivity index (χ0n) is 16.9. The summed E-state index contributed by atoms with van der Waals surface area (Å²) in [6.45, 7) is 2.26. The molecule has 2 aromatic carbocycles. The van der Waals surface area contributed by atoms with E-state index in [1.165, 1.54) is 0 Å². The second-order valence-corrected chi connectivity index (χ2v) is 8.72. The number of nitrogens with zero attached hydrogens (tertiary/aromatic N) is 1. The Hall–Kier alpha value is -2.14. The van der Waals surface area contributed by atoms with Crippen molar-refractivity contribution in [1.29, 1.82) is 0 Å². The Labute approximate surface area is 181 Å². The molecule has 2 aromatic rings. The van der Waals surface area contributed by atoms with Gasteiger partial charge in [0.25, 0.3) is 0 Å². The third-order valence-electron chi connectivity index (χ3n) is 5.58. The summed E-state index contributed by atoms with van der Waals surface area (Å²) in [5.74, 6) is -0.0529. The topological polar surface area (TPSA) is 49.4 Å². The summed E-state index contributed by atoms with van der Waals surface area (Å²) in [5, 5.41) is 3.14. The number of aryl methyl sites for hydroxylation is 1. The van der Waals surface area contributed by atoms with E-state index in [-0.39, 0.29) is 17.9 Å². The zero-order chi connectivity index (χ0) is 20.6. The van der Waals surface area contributed by atoms with Crippen molar-refractivity contribution >= 4 is 27.7 Å². The number of hydrogen-bond acceptors (Lipinski definition) is 2. The van der Waals surface area contributed by atoms with Gasteiger partial charge in [0.05, 0.1) is 0 Å². The number of amides is 2. The minimum Gasteiger partial charge on any atom is -0.352 e. The molecule has 0 radical (unpaired) electrons. The van der Waals surface area contributed by atoms with Gasteiger partial charge in [0.2, 0.25) is 11.8 Å². The van der Waals surface area contributed by atoms with Crippen LogP contribution in [0.1, 0.15) is 50.2 Å². The van der Waals surface area contributed by atoms with Crippen LogP contribution >= 0.6 is 15.9 Å². The van der Waals surface area contributed by atoms with Gasteiger partial charge in [0, 0.05) is 23.5 Å². The highest BCUT2D eigenvalue weighted by Gasteiger charge is 2.28.